The Morgan fingerprint density at radius 1 is 1.40 bits per heavy atom. The molecule has 0 aliphatic rings. The van der Waals surface area contributed by atoms with Gasteiger partial charge in [-0.1, -0.05) is 26.8 Å². The number of fused-ring (bicyclic) bond motifs is 1. The summed E-state index contributed by atoms with van der Waals surface area (Å²) in [6.45, 7) is 5.01. The number of hydrogen-bond donors (Lipinski definition) is 1. The van der Waals surface area contributed by atoms with E-state index < -0.39 is 24.4 Å². The van der Waals surface area contributed by atoms with E-state index in [2.05, 4.69) is 4.98 Å². The van der Waals surface area contributed by atoms with Crippen LogP contribution in [-0.4, -0.2) is 27.1 Å². The predicted molar refractivity (Wildman–Crippen MR) is 71.4 cm³/mol. The molecule has 0 unspecified atom stereocenters. The number of benzene rings is 1. The molecule has 0 fully saturated rings. The summed E-state index contributed by atoms with van der Waals surface area (Å²) in [6, 6.07) is 4.61. The summed E-state index contributed by atoms with van der Waals surface area (Å²) in [5, 5.41) is 9.22. The minimum Gasteiger partial charge on any atom is -0.478 e. The number of rotatable bonds is 3. The van der Waals surface area contributed by atoms with Crippen LogP contribution < -0.4 is 0 Å². The molecule has 0 bridgehead atoms. The number of imidazole rings is 1. The highest BCUT2D eigenvalue weighted by Gasteiger charge is 2.26. The van der Waals surface area contributed by atoms with E-state index in [1.807, 2.05) is 20.8 Å². The maximum Gasteiger partial charge on any atom is 0.337 e. The van der Waals surface area contributed by atoms with Crippen molar-refractivity contribution in [2.24, 2.45) is 0 Å². The first-order valence-electron chi connectivity index (χ1n) is 6.23. The van der Waals surface area contributed by atoms with Gasteiger partial charge in [0.15, 0.2) is 0 Å². The second-order valence-corrected chi connectivity index (χ2v) is 5.67. The van der Waals surface area contributed by atoms with Crippen molar-refractivity contribution in [1.82, 2.24) is 9.55 Å². The molecule has 0 saturated carbocycles. The van der Waals surface area contributed by atoms with Crippen LogP contribution in [0.5, 0.6) is 0 Å². The van der Waals surface area contributed by atoms with Crippen molar-refractivity contribution in [2.75, 3.05) is 0 Å². The van der Waals surface area contributed by atoms with E-state index in [0.29, 0.717) is 11.3 Å². The molecule has 0 spiro atoms. The number of nitrogens with zero attached hydrogens (tertiary/aromatic N) is 2. The molecule has 20 heavy (non-hydrogen) atoms. The lowest BCUT2D eigenvalue weighted by molar-refractivity contribution is 0.0697. The Balaban J connectivity index is 2.82. The number of carboxylic acid groups (broad SMARTS) is 1. The summed E-state index contributed by atoms with van der Waals surface area (Å²) in [5.74, 6) is -0.687. The quantitative estimate of drug-likeness (QED) is 0.939. The first kappa shape index (κ1) is 14.4. The molecule has 0 aliphatic heterocycles. The molecular weight excluding hydrogens is 266 g/mol. The zero-order chi connectivity index (χ0) is 15.1. The van der Waals surface area contributed by atoms with Crippen LogP contribution >= 0.6 is 0 Å². The van der Waals surface area contributed by atoms with Crippen molar-refractivity contribution in [3.05, 3.63) is 29.6 Å². The molecule has 0 saturated heterocycles. The lowest BCUT2D eigenvalue weighted by atomic mass is 9.95. The van der Waals surface area contributed by atoms with Crippen LogP contribution in [0, 0.1) is 0 Å². The van der Waals surface area contributed by atoms with Gasteiger partial charge in [-0.2, -0.15) is 0 Å². The third-order valence-electron chi connectivity index (χ3n) is 2.99. The van der Waals surface area contributed by atoms with Crippen LogP contribution in [0.2, 0.25) is 0 Å². The van der Waals surface area contributed by atoms with Gasteiger partial charge in [-0.05, 0) is 12.1 Å². The minimum atomic E-state index is -2.57. The van der Waals surface area contributed by atoms with Crippen LogP contribution in [-0.2, 0) is 12.0 Å². The molecule has 1 N–H and O–H groups in total. The van der Waals surface area contributed by atoms with Crippen molar-refractivity contribution in [3.8, 4) is 0 Å². The third kappa shape index (κ3) is 2.50. The third-order valence-corrected chi connectivity index (χ3v) is 2.99. The molecule has 1 aromatic carbocycles. The number of halogens is 2. The Morgan fingerprint density at radius 2 is 2.05 bits per heavy atom. The van der Waals surface area contributed by atoms with Gasteiger partial charge in [0.05, 0.1) is 23.1 Å². The zero-order valence-electron chi connectivity index (χ0n) is 11.5. The van der Waals surface area contributed by atoms with Crippen molar-refractivity contribution < 1.29 is 18.7 Å². The van der Waals surface area contributed by atoms with Gasteiger partial charge in [-0.15, -0.1) is 0 Å². The van der Waals surface area contributed by atoms with Gasteiger partial charge in [0.1, 0.15) is 5.82 Å². The molecule has 1 aromatic heterocycles. The molecule has 0 aliphatic carbocycles. The molecule has 2 rings (SSSR count). The fourth-order valence-electron chi connectivity index (χ4n) is 2.25. The predicted octanol–water partition coefficient (Wildman–Crippen LogP) is 3.30. The molecule has 0 atom stereocenters. The Kier molecular flexibility index (Phi) is 3.50. The van der Waals surface area contributed by atoms with E-state index in [0.717, 1.165) is 0 Å². The van der Waals surface area contributed by atoms with Crippen LogP contribution in [0.4, 0.5) is 8.78 Å². The monoisotopic (exact) mass is 282 g/mol. The second-order valence-electron chi connectivity index (χ2n) is 5.67. The molecule has 108 valence electrons. The Bertz CT molecular complexity index is 657. The number of alkyl halides is 2. The van der Waals surface area contributed by atoms with E-state index in [1.165, 1.54) is 10.6 Å². The summed E-state index contributed by atoms with van der Waals surface area (Å²) < 4.78 is 27.0. The number of aromatic carboxylic acids is 1. The second kappa shape index (κ2) is 4.85. The molecule has 2 aromatic rings. The van der Waals surface area contributed by atoms with Crippen LogP contribution in [0.1, 0.15) is 37.0 Å². The van der Waals surface area contributed by atoms with E-state index in [1.54, 1.807) is 12.1 Å². The largest absolute Gasteiger partial charge is 0.478 e. The maximum absolute atomic E-state index is 12.8. The first-order valence-corrected chi connectivity index (χ1v) is 6.23. The van der Waals surface area contributed by atoms with Gasteiger partial charge in [0, 0.05) is 5.41 Å². The number of carbonyl (C=O) groups is 1. The van der Waals surface area contributed by atoms with Crippen molar-refractivity contribution >= 4 is 17.0 Å². The minimum absolute atomic E-state index is 0.00819. The summed E-state index contributed by atoms with van der Waals surface area (Å²) in [5.41, 5.74) is 0.218. The standard InChI is InChI=1S/C14H16F2N2O2/c1-14(2,3)13-17-9-6-4-5-8(12(19)20)11(9)18(13)7-10(15)16/h4-6,10H,7H2,1-3H3,(H,19,20). The molecule has 0 radical (unpaired) electrons. The van der Waals surface area contributed by atoms with E-state index in [9.17, 15) is 18.7 Å². The summed E-state index contributed by atoms with van der Waals surface area (Å²) in [6.07, 6.45) is -2.57. The zero-order valence-corrected chi connectivity index (χ0v) is 11.5. The molecule has 4 nitrogen and oxygen atoms in total. The van der Waals surface area contributed by atoms with Gasteiger partial charge < -0.3 is 9.67 Å². The highest BCUT2D eigenvalue weighted by atomic mass is 19.3. The maximum atomic E-state index is 12.8. The average Bonchev–Trinajstić information content (AvgIpc) is 2.67. The summed E-state index contributed by atoms with van der Waals surface area (Å²) in [7, 11) is 0. The lowest BCUT2D eigenvalue weighted by Crippen LogP contribution is -2.21. The fraction of sp³-hybridized carbons (Fsp3) is 0.429. The van der Waals surface area contributed by atoms with Gasteiger partial charge in [0.25, 0.3) is 6.43 Å². The van der Waals surface area contributed by atoms with Crippen LogP contribution in [0.15, 0.2) is 18.2 Å². The van der Waals surface area contributed by atoms with E-state index >= 15 is 0 Å². The van der Waals surface area contributed by atoms with Crippen LogP contribution in [0.25, 0.3) is 11.0 Å². The first-order chi connectivity index (χ1) is 9.21. The van der Waals surface area contributed by atoms with Gasteiger partial charge >= 0.3 is 5.97 Å². The molecular formula is C14H16F2N2O2. The highest BCUT2D eigenvalue weighted by Crippen LogP contribution is 2.29. The summed E-state index contributed by atoms with van der Waals surface area (Å²) in [4.78, 5) is 15.6. The smallest absolute Gasteiger partial charge is 0.337 e. The Labute approximate surface area is 115 Å². The van der Waals surface area contributed by atoms with E-state index in [4.69, 9.17) is 0 Å². The molecule has 1 heterocycles. The number of para-hydroxylation sites is 1. The Morgan fingerprint density at radius 3 is 2.55 bits per heavy atom. The number of hydrogen-bond acceptors (Lipinski definition) is 2. The number of aromatic nitrogens is 2. The van der Waals surface area contributed by atoms with Crippen LogP contribution in [0.3, 0.4) is 0 Å². The summed E-state index contributed by atoms with van der Waals surface area (Å²) >= 11 is 0. The van der Waals surface area contributed by atoms with Crippen molar-refractivity contribution in [1.29, 1.82) is 0 Å². The highest BCUT2D eigenvalue weighted by molar-refractivity contribution is 6.01. The van der Waals surface area contributed by atoms with Crippen molar-refractivity contribution in [3.63, 3.8) is 0 Å². The normalized spacial score (nSPS) is 12.3. The fourth-order valence-corrected chi connectivity index (χ4v) is 2.25. The van der Waals surface area contributed by atoms with Gasteiger partial charge in [-0.3, -0.25) is 0 Å². The Hall–Kier alpha value is -1.98. The van der Waals surface area contributed by atoms with Crippen molar-refractivity contribution in [2.45, 2.75) is 39.2 Å². The molecule has 6 heteroatoms. The topological polar surface area (TPSA) is 55.1 Å². The molecule has 0 amide bonds. The number of carboxylic acids is 1. The van der Waals surface area contributed by atoms with Gasteiger partial charge in [-0.25, -0.2) is 18.6 Å². The SMILES string of the molecule is CC(C)(C)c1nc2cccc(C(=O)O)c2n1CC(F)F. The lowest BCUT2D eigenvalue weighted by Gasteiger charge is -2.20. The van der Waals surface area contributed by atoms with Gasteiger partial charge in [0.2, 0.25) is 0 Å². The van der Waals surface area contributed by atoms with E-state index in [-0.39, 0.29) is 11.1 Å². The average molecular weight is 282 g/mol.